The number of carbonyl (C=O) groups is 1. The molecule has 0 spiro atoms. The van der Waals surface area contributed by atoms with Crippen molar-refractivity contribution < 1.29 is 9.90 Å². The van der Waals surface area contributed by atoms with Crippen LogP contribution in [-0.4, -0.2) is 29.5 Å². The molecule has 0 heterocycles. The second-order valence-corrected chi connectivity index (χ2v) is 3.89. The molecule has 88 valence electrons. The average molecular weight is 221 g/mol. The fraction of sp³-hybridized carbons (Fsp3) is 0.462. The minimum atomic E-state index is 0.0779. The molecule has 0 aliphatic heterocycles. The van der Waals surface area contributed by atoms with Gasteiger partial charge in [-0.25, -0.2) is 0 Å². The molecular weight excluding hydrogens is 202 g/mol. The number of aliphatic hydroxyl groups is 1. The van der Waals surface area contributed by atoms with E-state index in [0.29, 0.717) is 6.42 Å². The van der Waals surface area contributed by atoms with E-state index in [2.05, 4.69) is 0 Å². The van der Waals surface area contributed by atoms with Crippen LogP contribution in [0.3, 0.4) is 0 Å². The first-order valence-corrected chi connectivity index (χ1v) is 5.60. The molecule has 0 radical (unpaired) electrons. The van der Waals surface area contributed by atoms with Crippen LogP contribution in [0, 0.1) is 0 Å². The molecule has 0 bridgehead atoms. The third-order valence-corrected chi connectivity index (χ3v) is 2.67. The molecule has 1 aromatic carbocycles. The van der Waals surface area contributed by atoms with Crippen LogP contribution in [0.2, 0.25) is 0 Å². The molecule has 0 unspecified atom stereocenters. The zero-order valence-corrected chi connectivity index (χ0v) is 9.94. The van der Waals surface area contributed by atoms with Gasteiger partial charge in [0.15, 0.2) is 0 Å². The molecule has 1 amide bonds. The van der Waals surface area contributed by atoms with Crippen molar-refractivity contribution in [3.63, 3.8) is 0 Å². The number of benzene rings is 1. The van der Waals surface area contributed by atoms with Crippen molar-refractivity contribution in [1.29, 1.82) is 0 Å². The fourth-order valence-corrected chi connectivity index (χ4v) is 1.50. The maximum absolute atomic E-state index is 11.3. The molecule has 16 heavy (non-hydrogen) atoms. The van der Waals surface area contributed by atoms with Gasteiger partial charge < -0.3 is 10.0 Å². The lowest BCUT2D eigenvalue weighted by molar-refractivity contribution is -0.129. The van der Waals surface area contributed by atoms with Gasteiger partial charge in [-0.2, -0.15) is 0 Å². The van der Waals surface area contributed by atoms with Crippen LogP contribution >= 0.6 is 0 Å². The molecule has 3 nitrogen and oxygen atoms in total. The van der Waals surface area contributed by atoms with E-state index in [1.807, 2.05) is 38.2 Å². The van der Waals surface area contributed by atoms with Crippen LogP contribution in [0.5, 0.6) is 0 Å². The lowest BCUT2D eigenvalue weighted by Gasteiger charge is -2.16. The summed E-state index contributed by atoms with van der Waals surface area (Å²) >= 11 is 0. The third-order valence-electron chi connectivity index (χ3n) is 2.67. The summed E-state index contributed by atoms with van der Waals surface area (Å²) in [5.41, 5.74) is 2.11. The van der Waals surface area contributed by atoms with Gasteiger partial charge in [0.05, 0.1) is 6.61 Å². The van der Waals surface area contributed by atoms with E-state index in [1.54, 1.807) is 4.90 Å². The number of rotatable bonds is 5. The summed E-state index contributed by atoms with van der Waals surface area (Å²) in [7, 11) is 1.83. The largest absolute Gasteiger partial charge is 0.392 e. The predicted octanol–water partition coefficient (Wildman–Crippen LogP) is 1.59. The van der Waals surface area contributed by atoms with Gasteiger partial charge in [0.2, 0.25) is 5.91 Å². The van der Waals surface area contributed by atoms with Crippen LogP contribution in [0.1, 0.15) is 24.5 Å². The smallest absolute Gasteiger partial charge is 0.222 e. The van der Waals surface area contributed by atoms with E-state index in [0.717, 1.165) is 18.5 Å². The number of aliphatic hydroxyl groups excluding tert-OH is 1. The van der Waals surface area contributed by atoms with Gasteiger partial charge in [-0.3, -0.25) is 4.79 Å². The van der Waals surface area contributed by atoms with E-state index >= 15 is 0 Å². The summed E-state index contributed by atoms with van der Waals surface area (Å²) in [6.45, 7) is 2.69. The van der Waals surface area contributed by atoms with Crippen molar-refractivity contribution in [3.05, 3.63) is 35.4 Å². The monoisotopic (exact) mass is 221 g/mol. The lowest BCUT2D eigenvalue weighted by Crippen LogP contribution is -2.27. The van der Waals surface area contributed by atoms with Gasteiger partial charge in [-0.05, 0) is 17.5 Å². The molecule has 0 aromatic heterocycles. The summed E-state index contributed by atoms with van der Waals surface area (Å²) in [5.74, 6) is 0.173. The first-order chi connectivity index (χ1) is 7.67. The molecule has 0 atom stereocenters. The molecule has 1 aromatic rings. The lowest BCUT2D eigenvalue weighted by atomic mass is 10.1. The highest BCUT2D eigenvalue weighted by Crippen LogP contribution is 2.05. The Balaban J connectivity index is 2.45. The summed E-state index contributed by atoms with van der Waals surface area (Å²) in [5, 5.41) is 8.90. The van der Waals surface area contributed by atoms with Crippen molar-refractivity contribution in [3.8, 4) is 0 Å². The average Bonchev–Trinajstić information content (AvgIpc) is 2.35. The van der Waals surface area contributed by atoms with Gasteiger partial charge in [-0.1, -0.05) is 31.2 Å². The quantitative estimate of drug-likeness (QED) is 0.820. The normalized spacial score (nSPS) is 10.2. The Morgan fingerprint density at radius 2 is 1.81 bits per heavy atom. The molecule has 0 saturated carbocycles. The maximum atomic E-state index is 11.3. The SMILES string of the molecule is CCC(=O)N(C)CCc1ccc(CO)cc1. The van der Waals surface area contributed by atoms with Crippen molar-refractivity contribution >= 4 is 5.91 Å². The number of hydrogen-bond donors (Lipinski definition) is 1. The van der Waals surface area contributed by atoms with Crippen molar-refractivity contribution in [1.82, 2.24) is 4.90 Å². The Morgan fingerprint density at radius 1 is 1.25 bits per heavy atom. The van der Waals surface area contributed by atoms with Crippen molar-refractivity contribution in [2.45, 2.75) is 26.4 Å². The highest BCUT2D eigenvalue weighted by atomic mass is 16.3. The number of nitrogens with zero attached hydrogens (tertiary/aromatic N) is 1. The van der Waals surface area contributed by atoms with E-state index in [1.165, 1.54) is 5.56 Å². The predicted molar refractivity (Wildman–Crippen MR) is 64.0 cm³/mol. The Hall–Kier alpha value is -1.35. The topological polar surface area (TPSA) is 40.5 Å². The minimum Gasteiger partial charge on any atom is -0.392 e. The molecule has 0 aliphatic carbocycles. The van der Waals surface area contributed by atoms with E-state index in [-0.39, 0.29) is 12.5 Å². The minimum absolute atomic E-state index is 0.0779. The van der Waals surface area contributed by atoms with Crippen LogP contribution < -0.4 is 0 Å². The summed E-state index contributed by atoms with van der Waals surface area (Å²) in [6, 6.07) is 7.82. The van der Waals surface area contributed by atoms with Crippen LogP contribution in [0.4, 0.5) is 0 Å². The second-order valence-electron chi connectivity index (χ2n) is 3.89. The van der Waals surface area contributed by atoms with Crippen molar-refractivity contribution in [2.24, 2.45) is 0 Å². The highest BCUT2D eigenvalue weighted by Gasteiger charge is 2.05. The molecule has 0 saturated heterocycles. The van der Waals surface area contributed by atoms with E-state index in [4.69, 9.17) is 5.11 Å². The van der Waals surface area contributed by atoms with Crippen LogP contribution in [0.15, 0.2) is 24.3 Å². The molecule has 1 rings (SSSR count). The van der Waals surface area contributed by atoms with Gasteiger partial charge >= 0.3 is 0 Å². The summed E-state index contributed by atoms with van der Waals surface area (Å²) in [4.78, 5) is 13.1. The van der Waals surface area contributed by atoms with Gasteiger partial charge in [-0.15, -0.1) is 0 Å². The van der Waals surface area contributed by atoms with Gasteiger partial charge in [0.25, 0.3) is 0 Å². The van der Waals surface area contributed by atoms with Crippen LogP contribution in [-0.2, 0) is 17.8 Å². The number of carbonyl (C=O) groups excluding carboxylic acids is 1. The Kier molecular flexibility index (Phi) is 4.99. The molecule has 0 fully saturated rings. The highest BCUT2D eigenvalue weighted by molar-refractivity contribution is 5.75. The Labute approximate surface area is 96.7 Å². The molecular formula is C13H19NO2. The number of hydrogen-bond acceptors (Lipinski definition) is 2. The summed E-state index contributed by atoms with van der Waals surface area (Å²) < 4.78 is 0. The molecule has 1 N–H and O–H groups in total. The molecule has 3 heteroatoms. The second kappa shape index (κ2) is 6.28. The Bertz CT molecular complexity index is 332. The van der Waals surface area contributed by atoms with Crippen LogP contribution in [0.25, 0.3) is 0 Å². The van der Waals surface area contributed by atoms with E-state index < -0.39 is 0 Å². The zero-order chi connectivity index (χ0) is 12.0. The zero-order valence-electron chi connectivity index (χ0n) is 9.94. The van der Waals surface area contributed by atoms with E-state index in [9.17, 15) is 4.79 Å². The first kappa shape index (κ1) is 12.7. The van der Waals surface area contributed by atoms with Crippen molar-refractivity contribution in [2.75, 3.05) is 13.6 Å². The van der Waals surface area contributed by atoms with Gasteiger partial charge in [0.1, 0.15) is 0 Å². The standard InChI is InChI=1S/C13H19NO2/c1-3-13(16)14(2)9-8-11-4-6-12(10-15)7-5-11/h4-7,15H,3,8-10H2,1-2H3. The first-order valence-electron chi connectivity index (χ1n) is 5.60. The number of amides is 1. The third kappa shape index (κ3) is 3.66. The fourth-order valence-electron chi connectivity index (χ4n) is 1.50. The summed E-state index contributed by atoms with van der Waals surface area (Å²) in [6.07, 6.45) is 1.41. The Morgan fingerprint density at radius 3 is 2.31 bits per heavy atom. The number of likely N-dealkylation sites (N-methyl/N-ethyl adjacent to an activating group) is 1. The van der Waals surface area contributed by atoms with Gasteiger partial charge in [0, 0.05) is 20.0 Å². The molecule has 0 aliphatic rings. The maximum Gasteiger partial charge on any atom is 0.222 e.